The summed E-state index contributed by atoms with van der Waals surface area (Å²) < 4.78 is 5.49. The fourth-order valence-electron chi connectivity index (χ4n) is 1.71. The summed E-state index contributed by atoms with van der Waals surface area (Å²) in [6.07, 6.45) is 4.49. The van der Waals surface area contributed by atoms with Crippen molar-refractivity contribution in [2.75, 3.05) is 6.61 Å². The van der Waals surface area contributed by atoms with Gasteiger partial charge in [0.25, 0.3) is 0 Å². The third-order valence-corrected chi connectivity index (χ3v) is 3.54. The van der Waals surface area contributed by atoms with Crippen molar-refractivity contribution in [3.05, 3.63) is 11.6 Å². The standard InChI is InChI=1S/C8H10BrClO/c9-7-3-5(10)4-8-6(7)1-2-11-8/h1,5,7-8H,2-4H2/t5-,7+,8+/m0/s1. The molecule has 3 heteroatoms. The Kier molecular flexibility index (Phi) is 2.26. The minimum Gasteiger partial charge on any atom is -0.370 e. The maximum Gasteiger partial charge on any atom is 0.0815 e. The Morgan fingerprint density at radius 3 is 3.18 bits per heavy atom. The zero-order valence-electron chi connectivity index (χ0n) is 6.09. The van der Waals surface area contributed by atoms with E-state index >= 15 is 0 Å². The van der Waals surface area contributed by atoms with Crippen LogP contribution in [0, 0.1) is 0 Å². The van der Waals surface area contributed by atoms with E-state index in [9.17, 15) is 0 Å². The summed E-state index contributed by atoms with van der Waals surface area (Å²) in [4.78, 5) is 0.450. The molecule has 1 aliphatic carbocycles. The number of alkyl halides is 2. The molecule has 0 radical (unpaired) electrons. The van der Waals surface area contributed by atoms with Crippen LogP contribution in [0.15, 0.2) is 11.6 Å². The first kappa shape index (κ1) is 8.09. The Morgan fingerprint density at radius 2 is 2.36 bits per heavy atom. The molecule has 0 spiro atoms. The lowest BCUT2D eigenvalue weighted by molar-refractivity contribution is 0.106. The predicted octanol–water partition coefficient (Wildman–Crippen LogP) is 2.48. The van der Waals surface area contributed by atoms with Gasteiger partial charge >= 0.3 is 0 Å². The van der Waals surface area contributed by atoms with Crippen molar-refractivity contribution >= 4 is 27.5 Å². The minimum atomic E-state index is 0.277. The molecule has 62 valence electrons. The van der Waals surface area contributed by atoms with Gasteiger partial charge in [-0.2, -0.15) is 0 Å². The van der Waals surface area contributed by atoms with Crippen LogP contribution in [0.1, 0.15) is 12.8 Å². The molecule has 2 aliphatic rings. The van der Waals surface area contributed by atoms with Gasteiger partial charge in [-0.25, -0.2) is 0 Å². The highest BCUT2D eigenvalue weighted by molar-refractivity contribution is 9.09. The van der Waals surface area contributed by atoms with E-state index in [0.29, 0.717) is 10.9 Å². The van der Waals surface area contributed by atoms with E-state index in [4.69, 9.17) is 16.3 Å². The number of fused-ring (bicyclic) bond motifs is 1. The third kappa shape index (κ3) is 1.49. The van der Waals surface area contributed by atoms with E-state index in [1.807, 2.05) is 0 Å². The van der Waals surface area contributed by atoms with Gasteiger partial charge in [-0.15, -0.1) is 11.6 Å². The zero-order valence-corrected chi connectivity index (χ0v) is 8.44. The van der Waals surface area contributed by atoms with Gasteiger partial charge in [0.15, 0.2) is 0 Å². The molecule has 0 unspecified atom stereocenters. The number of ether oxygens (including phenoxy) is 1. The predicted molar refractivity (Wildman–Crippen MR) is 49.4 cm³/mol. The van der Waals surface area contributed by atoms with Gasteiger partial charge in [-0.05, 0) is 18.4 Å². The van der Waals surface area contributed by atoms with E-state index < -0.39 is 0 Å². The molecule has 0 amide bonds. The number of hydrogen-bond donors (Lipinski definition) is 0. The maximum atomic E-state index is 6.04. The molecule has 1 fully saturated rings. The zero-order chi connectivity index (χ0) is 7.84. The average molecular weight is 238 g/mol. The van der Waals surface area contributed by atoms with Crippen molar-refractivity contribution in [2.24, 2.45) is 0 Å². The van der Waals surface area contributed by atoms with E-state index in [0.717, 1.165) is 19.4 Å². The molecule has 0 aromatic rings. The normalized spacial score (nSPS) is 43.5. The van der Waals surface area contributed by atoms with Crippen molar-refractivity contribution in [1.29, 1.82) is 0 Å². The lowest BCUT2D eigenvalue weighted by atomic mass is 9.92. The molecule has 0 saturated heterocycles. The molecular weight excluding hydrogens is 227 g/mol. The molecule has 1 saturated carbocycles. The van der Waals surface area contributed by atoms with Crippen molar-refractivity contribution in [2.45, 2.75) is 29.1 Å². The molecule has 0 aromatic heterocycles. The highest BCUT2D eigenvalue weighted by Gasteiger charge is 2.33. The molecule has 0 bridgehead atoms. The summed E-state index contributed by atoms with van der Waals surface area (Å²) in [6, 6.07) is 0. The topological polar surface area (TPSA) is 9.23 Å². The molecule has 11 heavy (non-hydrogen) atoms. The van der Waals surface area contributed by atoms with Gasteiger partial charge in [0.05, 0.1) is 12.7 Å². The second kappa shape index (κ2) is 3.08. The Labute approximate surface area is 79.9 Å². The first-order chi connectivity index (χ1) is 5.27. The van der Waals surface area contributed by atoms with E-state index in [-0.39, 0.29) is 5.38 Å². The number of hydrogen-bond acceptors (Lipinski definition) is 1. The van der Waals surface area contributed by atoms with Gasteiger partial charge in [-0.1, -0.05) is 22.0 Å². The fourth-order valence-corrected chi connectivity index (χ4v) is 3.20. The Bertz CT molecular complexity index is 193. The van der Waals surface area contributed by atoms with Crippen LogP contribution in [0.5, 0.6) is 0 Å². The lowest BCUT2D eigenvalue weighted by Gasteiger charge is -2.28. The number of rotatable bonds is 0. The molecule has 2 rings (SSSR count). The number of halogens is 2. The molecule has 0 N–H and O–H groups in total. The Morgan fingerprint density at radius 1 is 1.55 bits per heavy atom. The highest BCUT2D eigenvalue weighted by atomic mass is 79.9. The quantitative estimate of drug-likeness (QED) is 0.465. The van der Waals surface area contributed by atoms with Crippen LogP contribution in [0.4, 0.5) is 0 Å². The highest BCUT2D eigenvalue weighted by Crippen LogP contribution is 2.36. The van der Waals surface area contributed by atoms with Gasteiger partial charge in [0.2, 0.25) is 0 Å². The first-order valence-electron chi connectivity index (χ1n) is 3.87. The second-order valence-corrected chi connectivity index (χ2v) is 4.78. The summed E-state index contributed by atoms with van der Waals surface area (Å²) in [5, 5.41) is 0.277. The van der Waals surface area contributed by atoms with E-state index in [2.05, 4.69) is 22.0 Å². The largest absolute Gasteiger partial charge is 0.370 e. The summed E-state index contributed by atoms with van der Waals surface area (Å²) in [6.45, 7) is 0.770. The van der Waals surface area contributed by atoms with Crippen LogP contribution in [-0.2, 0) is 4.74 Å². The van der Waals surface area contributed by atoms with Crippen LogP contribution in [0.3, 0.4) is 0 Å². The third-order valence-electron chi connectivity index (χ3n) is 2.28. The van der Waals surface area contributed by atoms with Crippen LogP contribution in [0.2, 0.25) is 0 Å². The van der Waals surface area contributed by atoms with Gasteiger partial charge in [0.1, 0.15) is 0 Å². The average Bonchev–Trinajstić information content (AvgIpc) is 2.34. The maximum absolute atomic E-state index is 6.04. The fraction of sp³-hybridized carbons (Fsp3) is 0.750. The van der Waals surface area contributed by atoms with Crippen LogP contribution in [-0.4, -0.2) is 22.9 Å². The summed E-state index contributed by atoms with van der Waals surface area (Å²) >= 11 is 9.64. The van der Waals surface area contributed by atoms with Crippen LogP contribution in [0.25, 0.3) is 0 Å². The van der Waals surface area contributed by atoms with Crippen molar-refractivity contribution in [3.63, 3.8) is 0 Å². The Hall–Kier alpha value is 0.470. The van der Waals surface area contributed by atoms with Crippen molar-refractivity contribution in [3.8, 4) is 0 Å². The van der Waals surface area contributed by atoms with Crippen molar-refractivity contribution < 1.29 is 4.74 Å². The van der Waals surface area contributed by atoms with E-state index in [1.54, 1.807) is 0 Å². The summed E-state index contributed by atoms with van der Waals surface area (Å²) in [5.41, 5.74) is 1.40. The van der Waals surface area contributed by atoms with E-state index in [1.165, 1.54) is 5.57 Å². The lowest BCUT2D eigenvalue weighted by Crippen LogP contribution is -2.29. The first-order valence-corrected chi connectivity index (χ1v) is 5.22. The smallest absolute Gasteiger partial charge is 0.0815 e. The van der Waals surface area contributed by atoms with Crippen LogP contribution < -0.4 is 0 Å². The Balaban J connectivity index is 2.14. The molecule has 0 aromatic carbocycles. The SMILES string of the molecule is Cl[C@H]1C[C@@H](Br)C2=CCO[C@@H]2C1. The molecular formula is C8H10BrClO. The second-order valence-electron chi connectivity index (χ2n) is 3.06. The minimum absolute atomic E-state index is 0.277. The van der Waals surface area contributed by atoms with Gasteiger partial charge in [0, 0.05) is 10.2 Å². The molecule has 3 atom stereocenters. The summed E-state index contributed by atoms with van der Waals surface area (Å²) in [5.74, 6) is 0. The monoisotopic (exact) mass is 236 g/mol. The molecule has 1 nitrogen and oxygen atoms in total. The summed E-state index contributed by atoms with van der Waals surface area (Å²) in [7, 11) is 0. The van der Waals surface area contributed by atoms with Gasteiger partial charge in [-0.3, -0.25) is 0 Å². The van der Waals surface area contributed by atoms with Crippen molar-refractivity contribution in [1.82, 2.24) is 0 Å². The van der Waals surface area contributed by atoms with Gasteiger partial charge < -0.3 is 4.74 Å². The van der Waals surface area contributed by atoms with Crippen LogP contribution >= 0.6 is 27.5 Å². The molecule has 1 heterocycles. The molecule has 1 aliphatic heterocycles.